The molecule has 2 aromatic rings. The standard InChI is InChI=1S/C7H6ClN3/c8-2-5-1-6-7(9-3-5)11-4-10-6/h1,3-4H,2H2,(H,9,10,11). The molecule has 0 saturated carbocycles. The van der Waals surface area contributed by atoms with Crippen LogP contribution in [0.25, 0.3) is 11.2 Å². The van der Waals surface area contributed by atoms with Crippen LogP contribution in [0.5, 0.6) is 0 Å². The SMILES string of the molecule is ClCc1cnc2nc[nH]c2c1. The fraction of sp³-hybridized carbons (Fsp3) is 0.143. The number of hydrogen-bond donors (Lipinski definition) is 1. The molecule has 0 aromatic carbocycles. The molecular formula is C7H6ClN3. The summed E-state index contributed by atoms with van der Waals surface area (Å²) in [6.45, 7) is 0. The number of fused-ring (bicyclic) bond motifs is 1. The number of hydrogen-bond acceptors (Lipinski definition) is 2. The van der Waals surface area contributed by atoms with Crippen LogP contribution in [-0.2, 0) is 5.88 Å². The van der Waals surface area contributed by atoms with E-state index in [9.17, 15) is 0 Å². The minimum absolute atomic E-state index is 0.488. The fourth-order valence-corrected chi connectivity index (χ4v) is 1.09. The number of alkyl halides is 1. The third-order valence-electron chi connectivity index (χ3n) is 1.48. The first-order valence-electron chi connectivity index (χ1n) is 3.24. The molecule has 0 radical (unpaired) electrons. The van der Waals surface area contributed by atoms with Crippen molar-refractivity contribution in [3.8, 4) is 0 Å². The lowest BCUT2D eigenvalue weighted by Crippen LogP contribution is -1.81. The van der Waals surface area contributed by atoms with Crippen molar-refractivity contribution in [2.24, 2.45) is 0 Å². The first-order valence-corrected chi connectivity index (χ1v) is 3.77. The van der Waals surface area contributed by atoms with Crippen LogP contribution >= 0.6 is 11.6 Å². The average Bonchev–Trinajstić information content (AvgIpc) is 2.50. The predicted octanol–water partition coefficient (Wildman–Crippen LogP) is 1.70. The summed E-state index contributed by atoms with van der Waals surface area (Å²) in [6.07, 6.45) is 3.35. The van der Waals surface area contributed by atoms with Gasteiger partial charge in [-0.2, -0.15) is 0 Å². The highest BCUT2D eigenvalue weighted by atomic mass is 35.5. The van der Waals surface area contributed by atoms with Gasteiger partial charge < -0.3 is 4.98 Å². The quantitative estimate of drug-likeness (QED) is 0.657. The van der Waals surface area contributed by atoms with Crippen molar-refractivity contribution in [1.29, 1.82) is 0 Å². The largest absolute Gasteiger partial charge is 0.343 e. The summed E-state index contributed by atoms with van der Waals surface area (Å²) in [7, 11) is 0. The molecule has 0 aliphatic carbocycles. The van der Waals surface area contributed by atoms with Crippen LogP contribution in [0.4, 0.5) is 0 Å². The van der Waals surface area contributed by atoms with Crippen LogP contribution < -0.4 is 0 Å². The van der Waals surface area contributed by atoms with Gasteiger partial charge in [0.1, 0.15) is 0 Å². The summed E-state index contributed by atoms with van der Waals surface area (Å²) in [5.74, 6) is 0.488. The van der Waals surface area contributed by atoms with E-state index >= 15 is 0 Å². The Morgan fingerprint density at radius 3 is 3.18 bits per heavy atom. The number of nitrogens with zero attached hydrogens (tertiary/aromatic N) is 2. The molecule has 0 bridgehead atoms. The minimum atomic E-state index is 0.488. The maximum atomic E-state index is 5.62. The molecule has 0 atom stereocenters. The molecule has 2 rings (SSSR count). The number of nitrogens with one attached hydrogen (secondary N) is 1. The van der Waals surface area contributed by atoms with Gasteiger partial charge in [0, 0.05) is 12.1 Å². The van der Waals surface area contributed by atoms with Gasteiger partial charge in [0.15, 0.2) is 5.65 Å². The smallest absolute Gasteiger partial charge is 0.177 e. The van der Waals surface area contributed by atoms with Gasteiger partial charge in [0.25, 0.3) is 0 Å². The lowest BCUT2D eigenvalue weighted by Gasteiger charge is -1.91. The molecule has 56 valence electrons. The molecule has 0 aliphatic heterocycles. The van der Waals surface area contributed by atoms with Crippen molar-refractivity contribution < 1.29 is 0 Å². The van der Waals surface area contributed by atoms with Crippen molar-refractivity contribution >= 4 is 22.8 Å². The molecular weight excluding hydrogens is 162 g/mol. The molecule has 2 heterocycles. The zero-order valence-electron chi connectivity index (χ0n) is 5.71. The normalized spacial score (nSPS) is 10.6. The first kappa shape index (κ1) is 6.61. The molecule has 0 aliphatic rings. The Bertz CT molecular complexity index is 368. The van der Waals surface area contributed by atoms with Gasteiger partial charge in [-0.25, -0.2) is 9.97 Å². The Hall–Kier alpha value is -1.09. The molecule has 0 fully saturated rings. The average molecular weight is 168 g/mol. The second-order valence-electron chi connectivity index (χ2n) is 2.25. The highest BCUT2D eigenvalue weighted by molar-refractivity contribution is 6.17. The van der Waals surface area contributed by atoms with Gasteiger partial charge in [0.05, 0.1) is 11.8 Å². The first-order chi connectivity index (χ1) is 5.40. The predicted molar refractivity (Wildman–Crippen MR) is 43.4 cm³/mol. The van der Waals surface area contributed by atoms with Gasteiger partial charge in [0.2, 0.25) is 0 Å². The maximum Gasteiger partial charge on any atom is 0.177 e. The number of halogens is 1. The zero-order valence-corrected chi connectivity index (χ0v) is 6.47. The summed E-state index contributed by atoms with van der Waals surface area (Å²) < 4.78 is 0. The monoisotopic (exact) mass is 167 g/mol. The number of imidazole rings is 1. The topological polar surface area (TPSA) is 41.6 Å². The van der Waals surface area contributed by atoms with E-state index in [0.717, 1.165) is 16.7 Å². The number of aromatic amines is 1. The molecule has 3 nitrogen and oxygen atoms in total. The van der Waals surface area contributed by atoms with E-state index in [1.54, 1.807) is 12.5 Å². The van der Waals surface area contributed by atoms with Gasteiger partial charge in [-0.05, 0) is 11.6 Å². The number of rotatable bonds is 1. The summed E-state index contributed by atoms with van der Waals surface area (Å²) >= 11 is 5.62. The Labute approximate surface area is 68.4 Å². The number of pyridine rings is 1. The van der Waals surface area contributed by atoms with E-state index in [2.05, 4.69) is 15.0 Å². The molecule has 0 amide bonds. The molecule has 0 unspecified atom stereocenters. The molecule has 0 spiro atoms. The summed E-state index contributed by atoms with van der Waals surface area (Å²) in [6, 6.07) is 1.95. The van der Waals surface area contributed by atoms with E-state index in [4.69, 9.17) is 11.6 Å². The zero-order chi connectivity index (χ0) is 7.68. The van der Waals surface area contributed by atoms with Crippen LogP contribution in [0.15, 0.2) is 18.6 Å². The lowest BCUT2D eigenvalue weighted by atomic mass is 10.3. The number of aromatic nitrogens is 3. The van der Waals surface area contributed by atoms with Gasteiger partial charge in [-0.1, -0.05) is 0 Å². The Balaban J connectivity index is 2.67. The fourth-order valence-electron chi connectivity index (χ4n) is 0.946. The van der Waals surface area contributed by atoms with Crippen molar-refractivity contribution in [2.75, 3.05) is 0 Å². The second-order valence-corrected chi connectivity index (χ2v) is 2.52. The Morgan fingerprint density at radius 2 is 2.36 bits per heavy atom. The third-order valence-corrected chi connectivity index (χ3v) is 1.79. The highest BCUT2D eigenvalue weighted by Gasteiger charge is 1.97. The Kier molecular flexibility index (Phi) is 1.51. The summed E-state index contributed by atoms with van der Waals surface area (Å²) in [4.78, 5) is 11.0. The van der Waals surface area contributed by atoms with E-state index in [0.29, 0.717) is 5.88 Å². The van der Waals surface area contributed by atoms with Crippen molar-refractivity contribution in [3.05, 3.63) is 24.2 Å². The summed E-state index contributed by atoms with van der Waals surface area (Å²) in [5.41, 5.74) is 2.67. The van der Waals surface area contributed by atoms with E-state index < -0.39 is 0 Å². The lowest BCUT2D eigenvalue weighted by molar-refractivity contribution is 1.27. The molecule has 1 N–H and O–H groups in total. The van der Waals surface area contributed by atoms with Gasteiger partial charge >= 0.3 is 0 Å². The Morgan fingerprint density at radius 1 is 1.45 bits per heavy atom. The van der Waals surface area contributed by atoms with Crippen molar-refractivity contribution in [2.45, 2.75) is 5.88 Å². The van der Waals surface area contributed by atoms with Crippen LogP contribution in [0.2, 0.25) is 0 Å². The van der Waals surface area contributed by atoms with Gasteiger partial charge in [-0.3, -0.25) is 0 Å². The molecule has 4 heteroatoms. The molecule has 2 aromatic heterocycles. The van der Waals surface area contributed by atoms with E-state index in [1.807, 2.05) is 6.07 Å². The molecule has 0 saturated heterocycles. The third kappa shape index (κ3) is 1.07. The van der Waals surface area contributed by atoms with E-state index in [1.165, 1.54) is 0 Å². The van der Waals surface area contributed by atoms with Crippen molar-refractivity contribution in [1.82, 2.24) is 15.0 Å². The second kappa shape index (κ2) is 2.51. The highest BCUT2D eigenvalue weighted by Crippen LogP contribution is 2.09. The van der Waals surface area contributed by atoms with Crippen LogP contribution in [0.3, 0.4) is 0 Å². The van der Waals surface area contributed by atoms with Gasteiger partial charge in [-0.15, -0.1) is 11.6 Å². The minimum Gasteiger partial charge on any atom is -0.343 e. The van der Waals surface area contributed by atoms with Crippen molar-refractivity contribution in [3.63, 3.8) is 0 Å². The molecule has 11 heavy (non-hydrogen) atoms. The van der Waals surface area contributed by atoms with Crippen LogP contribution in [0.1, 0.15) is 5.56 Å². The van der Waals surface area contributed by atoms with Crippen LogP contribution in [0, 0.1) is 0 Å². The number of H-pyrrole nitrogens is 1. The maximum absolute atomic E-state index is 5.62. The van der Waals surface area contributed by atoms with Crippen LogP contribution in [-0.4, -0.2) is 15.0 Å². The summed E-state index contributed by atoms with van der Waals surface area (Å²) in [5, 5.41) is 0. The van der Waals surface area contributed by atoms with E-state index in [-0.39, 0.29) is 0 Å².